The van der Waals surface area contributed by atoms with Crippen LogP contribution in [0.2, 0.25) is 0 Å². The summed E-state index contributed by atoms with van der Waals surface area (Å²) in [6.45, 7) is 0. The molecule has 0 aliphatic heterocycles. The van der Waals surface area contributed by atoms with Crippen LogP contribution >= 0.6 is 0 Å². The van der Waals surface area contributed by atoms with Gasteiger partial charge in [-0.15, -0.1) is 0 Å². The lowest BCUT2D eigenvalue weighted by Crippen LogP contribution is -1.96. The summed E-state index contributed by atoms with van der Waals surface area (Å²) in [6.07, 6.45) is 5.07. The molecular formula is C12H13N3OS. The fourth-order valence-electron chi connectivity index (χ4n) is 1.41. The van der Waals surface area contributed by atoms with Crippen LogP contribution in [-0.2, 0) is 16.6 Å². The fraction of sp³-hybridized carbons (Fsp3) is 0.167. The molecule has 0 aliphatic carbocycles. The molecule has 0 amide bonds. The Hall–Kier alpha value is -1.75. The smallest absolute Gasteiger partial charge is 0.227 e. The first-order valence-electron chi connectivity index (χ1n) is 5.17. The first-order chi connectivity index (χ1) is 8.24. The van der Waals surface area contributed by atoms with Gasteiger partial charge in [0.25, 0.3) is 0 Å². The van der Waals surface area contributed by atoms with Gasteiger partial charge in [0.05, 0.1) is 0 Å². The predicted octanol–water partition coefficient (Wildman–Crippen LogP) is 2.10. The summed E-state index contributed by atoms with van der Waals surface area (Å²) in [4.78, 5) is 8.15. The number of benzene rings is 1. The molecule has 0 saturated carbocycles. The van der Waals surface area contributed by atoms with E-state index in [1.54, 1.807) is 24.7 Å². The van der Waals surface area contributed by atoms with Gasteiger partial charge in [0.15, 0.2) is 0 Å². The van der Waals surface area contributed by atoms with Gasteiger partial charge in [-0.3, -0.25) is 4.21 Å². The summed E-state index contributed by atoms with van der Waals surface area (Å²) in [6, 6.07) is 9.53. The Morgan fingerprint density at radius 3 is 2.41 bits per heavy atom. The summed E-state index contributed by atoms with van der Waals surface area (Å²) >= 11 is 0. The Labute approximate surface area is 103 Å². The van der Waals surface area contributed by atoms with Gasteiger partial charge in [-0.25, -0.2) is 9.97 Å². The van der Waals surface area contributed by atoms with Crippen molar-refractivity contribution in [2.45, 2.75) is 5.75 Å². The fourth-order valence-corrected chi connectivity index (χ4v) is 2.07. The van der Waals surface area contributed by atoms with Crippen LogP contribution in [0.1, 0.15) is 5.56 Å². The van der Waals surface area contributed by atoms with E-state index in [9.17, 15) is 4.21 Å². The van der Waals surface area contributed by atoms with Gasteiger partial charge >= 0.3 is 0 Å². The van der Waals surface area contributed by atoms with Gasteiger partial charge in [-0.05, 0) is 23.8 Å². The van der Waals surface area contributed by atoms with Crippen molar-refractivity contribution in [2.75, 3.05) is 11.6 Å². The van der Waals surface area contributed by atoms with Gasteiger partial charge in [0, 0.05) is 40.9 Å². The summed E-state index contributed by atoms with van der Waals surface area (Å²) in [5.41, 5.74) is 1.98. The molecule has 1 aromatic carbocycles. The van der Waals surface area contributed by atoms with E-state index in [1.165, 1.54) is 0 Å². The molecule has 88 valence electrons. The van der Waals surface area contributed by atoms with Crippen LogP contribution < -0.4 is 5.32 Å². The van der Waals surface area contributed by atoms with E-state index in [0.717, 1.165) is 11.3 Å². The monoisotopic (exact) mass is 247 g/mol. The minimum atomic E-state index is -0.806. The van der Waals surface area contributed by atoms with Crippen LogP contribution in [0.3, 0.4) is 0 Å². The Morgan fingerprint density at radius 2 is 1.82 bits per heavy atom. The Morgan fingerprint density at radius 1 is 1.18 bits per heavy atom. The maximum Gasteiger partial charge on any atom is 0.227 e. The number of anilines is 2. The largest absolute Gasteiger partial charge is 0.324 e. The van der Waals surface area contributed by atoms with E-state index in [1.807, 2.05) is 24.3 Å². The number of rotatable bonds is 4. The minimum absolute atomic E-state index is 0.569. The molecule has 1 atom stereocenters. The topological polar surface area (TPSA) is 54.9 Å². The Bertz CT molecular complexity index is 499. The molecule has 0 saturated heterocycles. The normalized spacial score (nSPS) is 12.1. The van der Waals surface area contributed by atoms with E-state index < -0.39 is 10.8 Å². The van der Waals surface area contributed by atoms with Crippen molar-refractivity contribution < 1.29 is 4.21 Å². The van der Waals surface area contributed by atoms with Gasteiger partial charge in [0.1, 0.15) is 0 Å². The molecule has 1 aromatic heterocycles. The van der Waals surface area contributed by atoms with Crippen LogP contribution in [0.15, 0.2) is 42.7 Å². The zero-order chi connectivity index (χ0) is 12.1. The third-order valence-electron chi connectivity index (χ3n) is 2.15. The molecule has 4 nitrogen and oxygen atoms in total. The molecule has 17 heavy (non-hydrogen) atoms. The third-order valence-corrected chi connectivity index (χ3v) is 2.89. The second-order valence-corrected chi connectivity index (χ2v) is 5.05. The first kappa shape index (κ1) is 11.7. The molecule has 2 aromatic rings. The summed E-state index contributed by atoms with van der Waals surface area (Å²) < 4.78 is 11.1. The zero-order valence-corrected chi connectivity index (χ0v) is 10.3. The van der Waals surface area contributed by atoms with E-state index in [2.05, 4.69) is 15.3 Å². The zero-order valence-electron chi connectivity index (χ0n) is 9.46. The van der Waals surface area contributed by atoms with Gasteiger partial charge in [0.2, 0.25) is 5.95 Å². The first-order valence-corrected chi connectivity index (χ1v) is 6.90. The highest BCUT2D eigenvalue weighted by atomic mass is 32.2. The maximum atomic E-state index is 11.1. The quantitative estimate of drug-likeness (QED) is 0.899. The van der Waals surface area contributed by atoms with Crippen molar-refractivity contribution in [1.29, 1.82) is 0 Å². The summed E-state index contributed by atoms with van der Waals surface area (Å²) in [5, 5.41) is 3.09. The van der Waals surface area contributed by atoms with E-state index in [4.69, 9.17) is 0 Å². The van der Waals surface area contributed by atoms with Crippen LogP contribution in [0, 0.1) is 0 Å². The van der Waals surface area contributed by atoms with Gasteiger partial charge < -0.3 is 5.32 Å². The molecule has 2 rings (SSSR count). The number of aromatic nitrogens is 2. The van der Waals surface area contributed by atoms with Gasteiger partial charge in [-0.2, -0.15) is 0 Å². The molecule has 0 fully saturated rings. The average Bonchev–Trinajstić information content (AvgIpc) is 2.32. The highest BCUT2D eigenvalue weighted by Gasteiger charge is 1.98. The summed E-state index contributed by atoms with van der Waals surface area (Å²) in [7, 11) is -0.806. The van der Waals surface area contributed by atoms with Crippen LogP contribution in [0.4, 0.5) is 11.6 Å². The lowest BCUT2D eigenvalue weighted by molar-refractivity contribution is 0.686. The third kappa shape index (κ3) is 3.64. The maximum absolute atomic E-state index is 11.1. The lowest BCUT2D eigenvalue weighted by atomic mass is 10.2. The number of nitrogens with one attached hydrogen (secondary N) is 1. The number of hydrogen-bond donors (Lipinski definition) is 1. The molecule has 1 heterocycles. The van der Waals surface area contributed by atoms with Crippen molar-refractivity contribution in [2.24, 2.45) is 0 Å². The molecule has 0 bridgehead atoms. The van der Waals surface area contributed by atoms with Crippen molar-refractivity contribution in [1.82, 2.24) is 9.97 Å². The molecule has 0 radical (unpaired) electrons. The Kier molecular flexibility index (Phi) is 3.82. The molecule has 0 spiro atoms. The second kappa shape index (κ2) is 5.54. The van der Waals surface area contributed by atoms with E-state index >= 15 is 0 Å². The highest BCUT2D eigenvalue weighted by molar-refractivity contribution is 7.83. The molecular weight excluding hydrogens is 234 g/mol. The molecule has 1 N–H and O–H groups in total. The molecule has 0 aliphatic rings. The van der Waals surface area contributed by atoms with Crippen LogP contribution in [-0.4, -0.2) is 20.4 Å². The Balaban J connectivity index is 2.06. The van der Waals surface area contributed by atoms with Gasteiger partial charge in [-0.1, -0.05) is 12.1 Å². The van der Waals surface area contributed by atoms with E-state index in [-0.39, 0.29) is 0 Å². The second-order valence-electron chi connectivity index (χ2n) is 3.61. The molecule has 1 unspecified atom stereocenters. The highest BCUT2D eigenvalue weighted by Crippen LogP contribution is 2.14. The van der Waals surface area contributed by atoms with Crippen LogP contribution in [0.5, 0.6) is 0 Å². The standard InChI is InChI=1S/C12H13N3OS/c1-17(16)9-10-3-5-11(6-4-10)15-12-13-7-2-8-14-12/h2-8H,9H2,1H3,(H,13,14,15). The van der Waals surface area contributed by atoms with Crippen molar-refractivity contribution >= 4 is 22.4 Å². The number of hydrogen-bond acceptors (Lipinski definition) is 4. The van der Waals surface area contributed by atoms with Crippen molar-refractivity contribution in [3.8, 4) is 0 Å². The summed E-state index contributed by atoms with van der Waals surface area (Å²) in [5.74, 6) is 1.15. The average molecular weight is 247 g/mol. The van der Waals surface area contributed by atoms with Crippen molar-refractivity contribution in [3.63, 3.8) is 0 Å². The predicted molar refractivity (Wildman–Crippen MR) is 69.5 cm³/mol. The SMILES string of the molecule is CS(=O)Cc1ccc(Nc2ncccn2)cc1. The number of nitrogens with zero attached hydrogens (tertiary/aromatic N) is 2. The minimum Gasteiger partial charge on any atom is -0.324 e. The molecule has 5 heteroatoms. The van der Waals surface area contributed by atoms with Crippen molar-refractivity contribution in [3.05, 3.63) is 48.3 Å². The lowest BCUT2D eigenvalue weighted by Gasteiger charge is -2.05. The van der Waals surface area contributed by atoms with Crippen LogP contribution in [0.25, 0.3) is 0 Å². The van der Waals surface area contributed by atoms with E-state index in [0.29, 0.717) is 11.7 Å².